The Labute approximate surface area is 126 Å². The average Bonchev–Trinajstić information content (AvgIpc) is 2.93. The summed E-state index contributed by atoms with van der Waals surface area (Å²) in [4.78, 5) is 21.9. The second kappa shape index (κ2) is 5.03. The third-order valence-corrected chi connectivity index (χ3v) is 4.47. The monoisotopic (exact) mass is 303 g/mol. The summed E-state index contributed by atoms with van der Waals surface area (Å²) in [5.41, 5.74) is 1.93. The van der Waals surface area contributed by atoms with Crippen LogP contribution in [0.15, 0.2) is 29.6 Å². The van der Waals surface area contributed by atoms with E-state index in [2.05, 4.69) is 9.97 Å². The molecule has 6 heteroatoms. The smallest absolute Gasteiger partial charge is 0.266 e. The molecule has 1 amide bonds. The molecular weight excluding hydrogens is 290 g/mol. The van der Waals surface area contributed by atoms with Crippen molar-refractivity contribution in [1.29, 1.82) is 0 Å². The van der Waals surface area contributed by atoms with E-state index >= 15 is 0 Å². The number of rotatable bonds is 2. The van der Waals surface area contributed by atoms with Crippen molar-refractivity contribution in [2.45, 2.75) is 19.9 Å². The number of hydrogen-bond acceptors (Lipinski definition) is 4. The Bertz CT molecular complexity index is 733. The van der Waals surface area contributed by atoms with E-state index in [0.717, 1.165) is 16.5 Å². The second-order valence-electron chi connectivity index (χ2n) is 4.81. The quantitative estimate of drug-likeness (QED) is 0.684. The molecule has 0 radical (unpaired) electrons. The number of hydrogen-bond donors (Lipinski definition) is 1. The summed E-state index contributed by atoms with van der Waals surface area (Å²) < 4.78 is 0.623. The van der Waals surface area contributed by atoms with Gasteiger partial charge in [-0.25, -0.2) is 0 Å². The number of thioether (sulfide) groups is 1. The topological polar surface area (TPSA) is 49.0 Å². The lowest BCUT2D eigenvalue weighted by Gasteiger charge is -2.18. The van der Waals surface area contributed by atoms with Crippen molar-refractivity contribution in [3.63, 3.8) is 0 Å². The van der Waals surface area contributed by atoms with Crippen molar-refractivity contribution < 1.29 is 4.79 Å². The fourth-order valence-corrected chi connectivity index (χ4v) is 3.69. The van der Waals surface area contributed by atoms with Crippen LogP contribution in [0.3, 0.4) is 0 Å². The number of pyridine rings is 1. The molecule has 3 rings (SSSR count). The zero-order valence-corrected chi connectivity index (χ0v) is 12.7. The molecule has 20 heavy (non-hydrogen) atoms. The predicted octanol–water partition coefficient (Wildman–Crippen LogP) is 3.17. The number of aromatic nitrogens is 2. The molecule has 102 valence electrons. The molecule has 0 saturated carbocycles. The summed E-state index contributed by atoms with van der Waals surface area (Å²) in [6, 6.07) is 2.02. The normalized spacial score (nSPS) is 17.9. The van der Waals surface area contributed by atoms with Gasteiger partial charge in [0, 0.05) is 29.4 Å². The number of thiocarbonyl (C=S) groups is 1. The van der Waals surface area contributed by atoms with Gasteiger partial charge in [-0.15, -0.1) is 0 Å². The Morgan fingerprint density at radius 1 is 1.50 bits per heavy atom. The highest BCUT2D eigenvalue weighted by molar-refractivity contribution is 8.26. The van der Waals surface area contributed by atoms with Crippen LogP contribution >= 0.6 is 24.0 Å². The van der Waals surface area contributed by atoms with Crippen LogP contribution in [0.2, 0.25) is 0 Å². The van der Waals surface area contributed by atoms with Crippen molar-refractivity contribution >= 4 is 51.2 Å². The van der Waals surface area contributed by atoms with Crippen molar-refractivity contribution in [3.05, 3.63) is 35.1 Å². The number of aromatic amines is 1. The number of fused-ring (bicyclic) bond motifs is 1. The number of H-pyrrole nitrogens is 1. The number of carbonyl (C=O) groups is 1. The molecule has 1 N–H and O–H groups in total. The van der Waals surface area contributed by atoms with E-state index in [-0.39, 0.29) is 11.9 Å². The van der Waals surface area contributed by atoms with Crippen LogP contribution in [0.5, 0.6) is 0 Å². The van der Waals surface area contributed by atoms with E-state index in [1.807, 2.05) is 32.2 Å². The van der Waals surface area contributed by atoms with Crippen LogP contribution in [0, 0.1) is 0 Å². The summed E-state index contributed by atoms with van der Waals surface area (Å²) in [7, 11) is 0. The van der Waals surface area contributed by atoms with E-state index < -0.39 is 0 Å². The Balaban J connectivity index is 2.01. The van der Waals surface area contributed by atoms with Gasteiger partial charge in [0.2, 0.25) is 0 Å². The Morgan fingerprint density at radius 3 is 3.00 bits per heavy atom. The molecule has 0 unspecified atom stereocenters. The van der Waals surface area contributed by atoms with Gasteiger partial charge in [0.15, 0.2) is 0 Å². The van der Waals surface area contributed by atoms with Gasteiger partial charge in [0.25, 0.3) is 5.91 Å². The minimum absolute atomic E-state index is 0.0154. The highest BCUT2D eigenvalue weighted by atomic mass is 32.2. The molecule has 1 aliphatic heterocycles. The molecule has 0 aromatic carbocycles. The highest BCUT2D eigenvalue weighted by Crippen LogP contribution is 2.34. The molecule has 2 aromatic heterocycles. The van der Waals surface area contributed by atoms with Gasteiger partial charge in [0.1, 0.15) is 4.32 Å². The molecule has 4 nitrogen and oxygen atoms in total. The molecule has 1 aliphatic rings. The van der Waals surface area contributed by atoms with Crippen LogP contribution in [0.4, 0.5) is 0 Å². The first-order valence-corrected chi connectivity index (χ1v) is 7.48. The minimum Gasteiger partial charge on any atom is -0.359 e. The van der Waals surface area contributed by atoms with E-state index in [1.165, 1.54) is 11.8 Å². The maximum absolute atomic E-state index is 12.3. The first-order valence-electron chi connectivity index (χ1n) is 6.26. The average molecular weight is 303 g/mol. The maximum atomic E-state index is 12.3. The summed E-state index contributed by atoms with van der Waals surface area (Å²) in [5, 5.41) is 1.05. The molecule has 0 atom stereocenters. The first kappa shape index (κ1) is 13.3. The summed E-state index contributed by atoms with van der Waals surface area (Å²) in [5.74, 6) is -0.0154. The van der Waals surface area contributed by atoms with E-state index in [4.69, 9.17) is 12.2 Å². The predicted molar refractivity (Wildman–Crippen MR) is 86.2 cm³/mol. The van der Waals surface area contributed by atoms with Gasteiger partial charge >= 0.3 is 0 Å². The Hall–Kier alpha value is -1.66. The molecular formula is C14H13N3OS2. The lowest BCUT2D eigenvalue weighted by atomic mass is 10.2. The van der Waals surface area contributed by atoms with Gasteiger partial charge in [-0.3, -0.25) is 14.7 Å². The van der Waals surface area contributed by atoms with Crippen molar-refractivity contribution in [2.24, 2.45) is 0 Å². The number of nitrogens with zero attached hydrogens (tertiary/aromatic N) is 2. The standard InChI is InChI=1S/C14H13N3OS2/c1-8(2)17-13(18)12(20-14(17)19)5-9-6-16-11-7-15-4-3-10(9)11/h3-8,16H,1-2H3/b12-5-. The van der Waals surface area contributed by atoms with Gasteiger partial charge in [0.05, 0.1) is 16.6 Å². The number of amides is 1. The highest BCUT2D eigenvalue weighted by Gasteiger charge is 2.33. The largest absolute Gasteiger partial charge is 0.359 e. The lowest BCUT2D eigenvalue weighted by molar-refractivity contribution is -0.123. The van der Waals surface area contributed by atoms with E-state index in [9.17, 15) is 4.79 Å². The fourth-order valence-electron chi connectivity index (χ4n) is 2.18. The molecule has 0 spiro atoms. The van der Waals surface area contributed by atoms with Crippen molar-refractivity contribution in [1.82, 2.24) is 14.9 Å². The van der Waals surface area contributed by atoms with Crippen LogP contribution in [0.1, 0.15) is 19.4 Å². The Morgan fingerprint density at radius 2 is 2.30 bits per heavy atom. The van der Waals surface area contributed by atoms with Gasteiger partial charge < -0.3 is 4.98 Å². The molecule has 1 fully saturated rings. The maximum Gasteiger partial charge on any atom is 0.266 e. The zero-order valence-electron chi connectivity index (χ0n) is 11.1. The van der Waals surface area contributed by atoms with Crippen molar-refractivity contribution in [3.8, 4) is 0 Å². The third-order valence-electron chi connectivity index (χ3n) is 3.14. The lowest BCUT2D eigenvalue weighted by Crippen LogP contribution is -2.34. The summed E-state index contributed by atoms with van der Waals surface area (Å²) in [6.07, 6.45) is 7.29. The van der Waals surface area contributed by atoms with Crippen LogP contribution in [-0.4, -0.2) is 31.1 Å². The van der Waals surface area contributed by atoms with Gasteiger partial charge in [-0.2, -0.15) is 0 Å². The number of nitrogens with one attached hydrogen (secondary N) is 1. The van der Waals surface area contributed by atoms with Crippen LogP contribution < -0.4 is 0 Å². The van der Waals surface area contributed by atoms with Crippen LogP contribution in [0.25, 0.3) is 17.0 Å². The molecule has 0 bridgehead atoms. The summed E-state index contributed by atoms with van der Waals surface area (Å²) >= 11 is 6.63. The minimum atomic E-state index is -0.0154. The molecule has 2 aromatic rings. The summed E-state index contributed by atoms with van der Waals surface area (Å²) in [6.45, 7) is 3.93. The van der Waals surface area contributed by atoms with Crippen molar-refractivity contribution in [2.75, 3.05) is 0 Å². The van der Waals surface area contributed by atoms with E-state index in [0.29, 0.717) is 9.23 Å². The number of carbonyl (C=O) groups excluding carboxylic acids is 1. The van der Waals surface area contributed by atoms with E-state index in [1.54, 1.807) is 17.3 Å². The van der Waals surface area contributed by atoms with Gasteiger partial charge in [-0.05, 0) is 26.0 Å². The zero-order chi connectivity index (χ0) is 14.3. The first-order chi connectivity index (χ1) is 9.58. The second-order valence-corrected chi connectivity index (χ2v) is 6.49. The molecule has 0 aliphatic carbocycles. The third kappa shape index (κ3) is 2.14. The molecule has 3 heterocycles. The Kier molecular flexibility index (Phi) is 3.35. The SMILES string of the molecule is CC(C)N1C(=O)/C(=C/c2c[nH]c3cnccc23)SC1=S. The van der Waals surface area contributed by atoms with Gasteiger partial charge in [-0.1, -0.05) is 24.0 Å². The van der Waals surface area contributed by atoms with Crippen LogP contribution in [-0.2, 0) is 4.79 Å². The fraction of sp³-hybridized carbons (Fsp3) is 0.214. The molecule has 1 saturated heterocycles.